The zero-order chi connectivity index (χ0) is 13.8. The molecule has 2 fully saturated rings. The van der Waals surface area contributed by atoms with Gasteiger partial charge in [0.15, 0.2) is 0 Å². The number of esters is 1. The first-order valence-corrected chi connectivity index (χ1v) is 7.21. The Hall–Kier alpha value is -1.10. The van der Waals surface area contributed by atoms with Crippen LogP contribution in [0, 0.1) is 11.8 Å². The molecule has 1 amide bonds. The average molecular weight is 268 g/mol. The van der Waals surface area contributed by atoms with Gasteiger partial charge in [-0.1, -0.05) is 6.92 Å². The van der Waals surface area contributed by atoms with Crippen molar-refractivity contribution in [2.45, 2.75) is 51.1 Å². The highest BCUT2D eigenvalue weighted by Gasteiger charge is 2.31. The van der Waals surface area contributed by atoms with Crippen molar-refractivity contribution in [1.29, 1.82) is 0 Å². The SMILES string of the molecule is COC(=O)C1CCC(NC(=O)C2CC(C)CN2)CC1. The van der Waals surface area contributed by atoms with Gasteiger partial charge in [0.25, 0.3) is 0 Å². The molecule has 1 heterocycles. The van der Waals surface area contributed by atoms with Crippen molar-refractivity contribution >= 4 is 11.9 Å². The van der Waals surface area contributed by atoms with Gasteiger partial charge in [0.05, 0.1) is 19.1 Å². The second kappa shape index (κ2) is 6.37. The van der Waals surface area contributed by atoms with Crippen LogP contribution in [0.5, 0.6) is 0 Å². The number of hydrogen-bond acceptors (Lipinski definition) is 4. The quantitative estimate of drug-likeness (QED) is 0.744. The lowest BCUT2D eigenvalue weighted by Crippen LogP contribution is -2.46. The molecule has 2 unspecified atom stereocenters. The maximum Gasteiger partial charge on any atom is 0.308 e. The Kier molecular flexibility index (Phi) is 4.80. The highest BCUT2D eigenvalue weighted by Crippen LogP contribution is 2.25. The highest BCUT2D eigenvalue weighted by molar-refractivity contribution is 5.82. The van der Waals surface area contributed by atoms with Crippen LogP contribution >= 0.6 is 0 Å². The average Bonchev–Trinajstić information content (AvgIpc) is 2.85. The lowest BCUT2D eigenvalue weighted by molar-refractivity contribution is -0.146. The topological polar surface area (TPSA) is 67.4 Å². The first kappa shape index (κ1) is 14.3. The Morgan fingerprint density at radius 3 is 2.42 bits per heavy atom. The molecule has 2 atom stereocenters. The zero-order valence-electron chi connectivity index (χ0n) is 11.8. The molecule has 1 saturated carbocycles. The van der Waals surface area contributed by atoms with Gasteiger partial charge in [-0.15, -0.1) is 0 Å². The third-order valence-corrected chi connectivity index (χ3v) is 4.28. The van der Waals surface area contributed by atoms with Gasteiger partial charge in [-0.25, -0.2) is 0 Å². The van der Waals surface area contributed by atoms with Crippen molar-refractivity contribution in [3.8, 4) is 0 Å². The van der Waals surface area contributed by atoms with Crippen LogP contribution < -0.4 is 10.6 Å². The molecule has 0 aromatic heterocycles. The van der Waals surface area contributed by atoms with Crippen LogP contribution in [-0.2, 0) is 14.3 Å². The molecule has 1 aliphatic heterocycles. The van der Waals surface area contributed by atoms with Gasteiger partial charge >= 0.3 is 5.97 Å². The second-order valence-electron chi connectivity index (χ2n) is 5.88. The van der Waals surface area contributed by atoms with Crippen LogP contribution in [-0.4, -0.2) is 37.6 Å². The van der Waals surface area contributed by atoms with E-state index < -0.39 is 0 Å². The molecule has 2 N–H and O–H groups in total. The second-order valence-corrected chi connectivity index (χ2v) is 5.88. The predicted molar refractivity (Wildman–Crippen MR) is 71.5 cm³/mol. The van der Waals surface area contributed by atoms with E-state index in [0.29, 0.717) is 5.92 Å². The van der Waals surface area contributed by atoms with Gasteiger partial charge in [0.1, 0.15) is 0 Å². The van der Waals surface area contributed by atoms with Crippen molar-refractivity contribution in [2.24, 2.45) is 11.8 Å². The Bertz CT molecular complexity index is 338. The van der Waals surface area contributed by atoms with Crippen LogP contribution in [0.15, 0.2) is 0 Å². The molecule has 0 aromatic rings. The van der Waals surface area contributed by atoms with Crippen molar-refractivity contribution in [3.05, 3.63) is 0 Å². The van der Waals surface area contributed by atoms with Gasteiger partial charge in [-0.3, -0.25) is 9.59 Å². The Morgan fingerprint density at radius 2 is 1.89 bits per heavy atom. The summed E-state index contributed by atoms with van der Waals surface area (Å²) < 4.78 is 4.76. The van der Waals surface area contributed by atoms with Gasteiger partial charge in [-0.2, -0.15) is 0 Å². The molecule has 19 heavy (non-hydrogen) atoms. The van der Waals surface area contributed by atoms with Crippen LogP contribution in [0.25, 0.3) is 0 Å². The number of rotatable bonds is 3. The summed E-state index contributed by atoms with van der Waals surface area (Å²) in [4.78, 5) is 23.5. The summed E-state index contributed by atoms with van der Waals surface area (Å²) >= 11 is 0. The maximum absolute atomic E-state index is 12.1. The van der Waals surface area contributed by atoms with E-state index in [1.54, 1.807) is 0 Å². The van der Waals surface area contributed by atoms with E-state index in [1.807, 2.05) is 0 Å². The minimum atomic E-state index is -0.115. The first-order chi connectivity index (χ1) is 9.10. The first-order valence-electron chi connectivity index (χ1n) is 7.21. The molecule has 0 aromatic carbocycles. The highest BCUT2D eigenvalue weighted by atomic mass is 16.5. The minimum Gasteiger partial charge on any atom is -0.469 e. The van der Waals surface area contributed by atoms with Gasteiger partial charge in [0.2, 0.25) is 5.91 Å². The smallest absolute Gasteiger partial charge is 0.308 e. The molecule has 0 radical (unpaired) electrons. The summed E-state index contributed by atoms with van der Waals surface area (Å²) in [7, 11) is 1.43. The summed E-state index contributed by atoms with van der Waals surface area (Å²) in [6.07, 6.45) is 4.28. The monoisotopic (exact) mass is 268 g/mol. The summed E-state index contributed by atoms with van der Waals surface area (Å²) in [6.45, 7) is 3.08. The summed E-state index contributed by atoms with van der Waals surface area (Å²) in [6, 6.07) is 0.180. The van der Waals surface area contributed by atoms with Crippen molar-refractivity contribution in [1.82, 2.24) is 10.6 Å². The molecular formula is C14H24N2O3. The largest absolute Gasteiger partial charge is 0.469 e. The molecule has 5 nitrogen and oxygen atoms in total. The number of ether oxygens (including phenoxy) is 1. The number of hydrogen-bond donors (Lipinski definition) is 2. The van der Waals surface area contributed by atoms with Crippen LogP contribution in [0.4, 0.5) is 0 Å². The number of methoxy groups -OCH3 is 1. The van der Waals surface area contributed by atoms with Gasteiger partial charge < -0.3 is 15.4 Å². The van der Waals surface area contributed by atoms with Crippen molar-refractivity contribution in [3.63, 3.8) is 0 Å². The van der Waals surface area contributed by atoms with E-state index in [2.05, 4.69) is 17.6 Å². The fraction of sp³-hybridized carbons (Fsp3) is 0.857. The number of carbonyl (C=O) groups is 2. The Labute approximate surface area is 114 Å². The lowest BCUT2D eigenvalue weighted by Gasteiger charge is -2.28. The number of carbonyl (C=O) groups excluding carboxylic acids is 2. The zero-order valence-corrected chi connectivity index (χ0v) is 11.8. The standard InChI is InChI=1S/C14H24N2O3/c1-9-7-12(15-8-9)13(17)16-11-5-3-10(4-6-11)14(18)19-2/h9-12,15H,3-8H2,1-2H3,(H,16,17). The van der Waals surface area contributed by atoms with E-state index >= 15 is 0 Å². The third kappa shape index (κ3) is 3.69. The molecule has 2 aliphatic rings. The predicted octanol–water partition coefficient (Wildman–Crippen LogP) is 0.832. The van der Waals surface area contributed by atoms with E-state index in [0.717, 1.165) is 38.6 Å². The molecule has 2 rings (SSSR count). The van der Waals surface area contributed by atoms with Crippen molar-refractivity contribution < 1.29 is 14.3 Å². The third-order valence-electron chi connectivity index (χ3n) is 4.28. The van der Waals surface area contributed by atoms with Crippen LogP contribution in [0.1, 0.15) is 39.0 Å². The summed E-state index contributed by atoms with van der Waals surface area (Å²) in [5.41, 5.74) is 0. The fourth-order valence-corrected chi connectivity index (χ4v) is 3.05. The van der Waals surface area contributed by atoms with Crippen LogP contribution in [0.3, 0.4) is 0 Å². The minimum absolute atomic E-state index is 0.0165. The Morgan fingerprint density at radius 1 is 1.21 bits per heavy atom. The summed E-state index contributed by atoms with van der Waals surface area (Å²) in [5, 5.41) is 6.35. The molecule has 1 aliphatic carbocycles. The van der Waals surface area contributed by atoms with Crippen molar-refractivity contribution in [2.75, 3.05) is 13.7 Å². The van der Waals surface area contributed by atoms with Gasteiger partial charge in [-0.05, 0) is 44.6 Å². The van der Waals surface area contributed by atoms with E-state index in [4.69, 9.17) is 4.74 Å². The Balaban J connectivity index is 1.73. The lowest BCUT2D eigenvalue weighted by atomic mass is 9.86. The molecule has 0 spiro atoms. The molecular weight excluding hydrogens is 244 g/mol. The number of amides is 1. The fourth-order valence-electron chi connectivity index (χ4n) is 3.05. The van der Waals surface area contributed by atoms with E-state index in [9.17, 15) is 9.59 Å². The van der Waals surface area contributed by atoms with E-state index in [-0.39, 0.29) is 29.9 Å². The van der Waals surface area contributed by atoms with E-state index in [1.165, 1.54) is 7.11 Å². The maximum atomic E-state index is 12.1. The van der Waals surface area contributed by atoms with Gasteiger partial charge in [0, 0.05) is 6.04 Å². The molecule has 108 valence electrons. The summed E-state index contributed by atoms with van der Waals surface area (Å²) in [5.74, 6) is 0.593. The normalized spacial score (nSPS) is 34.8. The molecule has 1 saturated heterocycles. The van der Waals surface area contributed by atoms with Crippen LogP contribution in [0.2, 0.25) is 0 Å². The molecule has 5 heteroatoms. The number of nitrogens with one attached hydrogen (secondary N) is 2. The molecule has 0 bridgehead atoms.